The zero-order chi connectivity index (χ0) is 19.5. The van der Waals surface area contributed by atoms with E-state index in [1.807, 2.05) is 22.6 Å². The summed E-state index contributed by atoms with van der Waals surface area (Å²) in [6.45, 7) is 1.64. The van der Waals surface area contributed by atoms with Crippen molar-refractivity contribution >= 4 is 55.5 Å². The van der Waals surface area contributed by atoms with Gasteiger partial charge in [-0.3, -0.25) is 4.72 Å². The van der Waals surface area contributed by atoms with E-state index in [9.17, 15) is 21.6 Å². The first-order chi connectivity index (χ1) is 12.2. The van der Waals surface area contributed by atoms with Crippen LogP contribution >= 0.6 is 22.6 Å². The van der Waals surface area contributed by atoms with Crippen LogP contribution in [0.2, 0.25) is 0 Å². The average Bonchev–Trinajstić information content (AvgIpc) is 2.55. The molecule has 0 spiro atoms. The van der Waals surface area contributed by atoms with Gasteiger partial charge in [-0.15, -0.1) is 0 Å². The predicted octanol–water partition coefficient (Wildman–Crippen LogP) is 3.76. The van der Waals surface area contributed by atoms with Crippen molar-refractivity contribution in [3.8, 4) is 0 Å². The van der Waals surface area contributed by atoms with Crippen LogP contribution in [0.5, 0.6) is 0 Å². The number of benzene rings is 2. The maximum absolute atomic E-state index is 14.4. The van der Waals surface area contributed by atoms with Gasteiger partial charge in [0.25, 0.3) is 10.2 Å². The van der Waals surface area contributed by atoms with Gasteiger partial charge in [0.05, 0.1) is 17.1 Å². The highest BCUT2D eigenvalue weighted by atomic mass is 127. The number of nitrogens with one attached hydrogen (secondary N) is 4. The standard InChI is InChI=1S/C15H16F3IN4O2S/c1-3-21-26(24,25)23-14-12(20-2)7-10(17)13(18)15(14)22-11-5-4-8(19)6-9(11)16/h4-7,20-23H,3H2,1-2H3. The molecule has 142 valence electrons. The topological polar surface area (TPSA) is 82.3 Å². The molecule has 0 aromatic heterocycles. The van der Waals surface area contributed by atoms with Crippen LogP contribution in [-0.4, -0.2) is 22.0 Å². The summed E-state index contributed by atoms with van der Waals surface area (Å²) in [5, 5.41) is 5.01. The van der Waals surface area contributed by atoms with E-state index in [1.165, 1.54) is 19.2 Å². The second-order valence-corrected chi connectivity index (χ2v) is 7.82. The second-order valence-electron chi connectivity index (χ2n) is 5.07. The van der Waals surface area contributed by atoms with Crippen molar-refractivity contribution in [2.75, 3.05) is 28.9 Å². The minimum atomic E-state index is -4.04. The SMILES string of the molecule is CCNS(=O)(=O)Nc1c(NC)cc(F)c(F)c1Nc1ccc(I)cc1F. The number of halogens is 4. The smallest absolute Gasteiger partial charge is 0.299 e. The van der Waals surface area contributed by atoms with E-state index >= 15 is 0 Å². The third-order valence-electron chi connectivity index (χ3n) is 3.25. The van der Waals surface area contributed by atoms with Crippen LogP contribution in [0.25, 0.3) is 0 Å². The molecule has 0 fully saturated rings. The molecule has 26 heavy (non-hydrogen) atoms. The van der Waals surface area contributed by atoms with Crippen LogP contribution in [0.4, 0.5) is 35.9 Å². The van der Waals surface area contributed by atoms with Gasteiger partial charge >= 0.3 is 0 Å². The van der Waals surface area contributed by atoms with E-state index in [-0.39, 0.29) is 23.6 Å². The monoisotopic (exact) mass is 500 g/mol. The van der Waals surface area contributed by atoms with Crippen molar-refractivity contribution in [3.05, 3.63) is 45.3 Å². The Morgan fingerprint density at radius 1 is 1.04 bits per heavy atom. The zero-order valence-electron chi connectivity index (χ0n) is 13.8. The largest absolute Gasteiger partial charge is 0.386 e. The van der Waals surface area contributed by atoms with Gasteiger partial charge in [-0.1, -0.05) is 6.92 Å². The van der Waals surface area contributed by atoms with Crippen molar-refractivity contribution in [2.24, 2.45) is 0 Å². The minimum Gasteiger partial charge on any atom is -0.386 e. The number of anilines is 4. The van der Waals surface area contributed by atoms with Crippen molar-refractivity contribution < 1.29 is 21.6 Å². The first-order valence-corrected chi connectivity index (χ1v) is 9.94. The third kappa shape index (κ3) is 4.71. The van der Waals surface area contributed by atoms with Crippen LogP contribution in [0.3, 0.4) is 0 Å². The Balaban J connectivity index is 2.60. The molecule has 0 saturated heterocycles. The predicted molar refractivity (Wildman–Crippen MR) is 105 cm³/mol. The summed E-state index contributed by atoms with van der Waals surface area (Å²) in [7, 11) is -2.63. The van der Waals surface area contributed by atoms with Crippen LogP contribution < -0.4 is 20.1 Å². The van der Waals surface area contributed by atoms with E-state index in [0.29, 0.717) is 3.57 Å². The first kappa shape index (κ1) is 20.6. The second kappa shape index (κ2) is 8.31. The van der Waals surface area contributed by atoms with Gasteiger partial charge in [0.15, 0.2) is 11.6 Å². The molecule has 2 aromatic carbocycles. The Morgan fingerprint density at radius 2 is 1.73 bits per heavy atom. The Morgan fingerprint density at radius 3 is 2.31 bits per heavy atom. The Labute approximate surface area is 162 Å². The average molecular weight is 500 g/mol. The van der Waals surface area contributed by atoms with Gasteiger partial charge in [0.2, 0.25) is 0 Å². The van der Waals surface area contributed by atoms with Crippen LogP contribution in [0, 0.1) is 21.0 Å². The highest BCUT2D eigenvalue weighted by molar-refractivity contribution is 14.1. The Kier molecular flexibility index (Phi) is 6.58. The van der Waals surface area contributed by atoms with Crippen LogP contribution in [0.1, 0.15) is 6.92 Å². The van der Waals surface area contributed by atoms with Gasteiger partial charge in [-0.05, 0) is 40.8 Å². The van der Waals surface area contributed by atoms with E-state index in [2.05, 4.69) is 20.1 Å². The summed E-state index contributed by atoms with van der Waals surface area (Å²) in [4.78, 5) is 0. The van der Waals surface area contributed by atoms with Crippen LogP contribution in [-0.2, 0) is 10.2 Å². The fourth-order valence-electron chi connectivity index (χ4n) is 2.13. The maximum Gasteiger partial charge on any atom is 0.299 e. The quantitative estimate of drug-likeness (QED) is 0.437. The number of hydrogen-bond acceptors (Lipinski definition) is 4. The summed E-state index contributed by atoms with van der Waals surface area (Å²) in [6.07, 6.45) is 0. The molecule has 2 rings (SSSR count). The van der Waals surface area contributed by atoms with Crippen molar-refractivity contribution in [1.82, 2.24) is 4.72 Å². The summed E-state index contributed by atoms with van der Waals surface area (Å²) < 4.78 is 71.3. The molecular formula is C15H16F3IN4O2S. The normalized spacial score (nSPS) is 11.3. The third-order valence-corrected chi connectivity index (χ3v) is 5.06. The van der Waals surface area contributed by atoms with E-state index < -0.39 is 33.3 Å². The molecule has 0 amide bonds. The lowest BCUT2D eigenvalue weighted by Gasteiger charge is -2.19. The molecule has 11 heteroatoms. The molecule has 0 aliphatic rings. The van der Waals surface area contributed by atoms with Crippen molar-refractivity contribution in [3.63, 3.8) is 0 Å². The molecule has 0 saturated carbocycles. The summed E-state index contributed by atoms with van der Waals surface area (Å²) in [5.74, 6) is -3.28. The minimum absolute atomic E-state index is 0.0289. The van der Waals surface area contributed by atoms with E-state index in [1.54, 1.807) is 13.0 Å². The number of rotatable bonds is 7. The van der Waals surface area contributed by atoms with Gasteiger partial charge in [0, 0.05) is 23.2 Å². The first-order valence-electron chi connectivity index (χ1n) is 7.37. The van der Waals surface area contributed by atoms with E-state index in [4.69, 9.17) is 0 Å². The molecule has 6 nitrogen and oxygen atoms in total. The molecule has 0 bridgehead atoms. The molecule has 4 N–H and O–H groups in total. The molecule has 0 radical (unpaired) electrons. The Bertz CT molecular complexity index is 926. The lowest BCUT2D eigenvalue weighted by Crippen LogP contribution is -2.30. The fourth-order valence-corrected chi connectivity index (χ4v) is 3.52. The highest BCUT2D eigenvalue weighted by Crippen LogP contribution is 2.38. The fraction of sp³-hybridized carbons (Fsp3) is 0.200. The summed E-state index contributed by atoms with van der Waals surface area (Å²) in [5.41, 5.74) is -0.999. The van der Waals surface area contributed by atoms with Crippen LogP contribution in [0.15, 0.2) is 24.3 Å². The Hall–Kier alpha value is -1.73. The zero-order valence-corrected chi connectivity index (χ0v) is 16.7. The molecule has 2 aromatic rings. The van der Waals surface area contributed by atoms with Gasteiger partial charge < -0.3 is 10.6 Å². The van der Waals surface area contributed by atoms with Crippen molar-refractivity contribution in [2.45, 2.75) is 6.92 Å². The molecule has 0 heterocycles. The molecular weight excluding hydrogens is 484 g/mol. The number of hydrogen-bond donors (Lipinski definition) is 4. The lowest BCUT2D eigenvalue weighted by atomic mass is 10.2. The molecule has 0 aliphatic heterocycles. The molecule has 0 unspecified atom stereocenters. The summed E-state index contributed by atoms with van der Waals surface area (Å²) in [6, 6.07) is 4.89. The van der Waals surface area contributed by atoms with Gasteiger partial charge in [0.1, 0.15) is 11.5 Å². The molecule has 0 atom stereocenters. The van der Waals surface area contributed by atoms with Crippen molar-refractivity contribution in [1.29, 1.82) is 0 Å². The van der Waals surface area contributed by atoms with E-state index in [0.717, 1.165) is 6.07 Å². The summed E-state index contributed by atoms with van der Waals surface area (Å²) >= 11 is 1.90. The van der Waals surface area contributed by atoms with Gasteiger partial charge in [-0.25, -0.2) is 13.2 Å². The van der Waals surface area contributed by atoms with Gasteiger partial charge in [-0.2, -0.15) is 13.1 Å². The maximum atomic E-state index is 14.4. The lowest BCUT2D eigenvalue weighted by molar-refractivity contribution is 0.512. The molecule has 0 aliphatic carbocycles. The highest BCUT2D eigenvalue weighted by Gasteiger charge is 2.23.